The topological polar surface area (TPSA) is 0 Å². The lowest BCUT2D eigenvalue weighted by molar-refractivity contribution is 1.18. The van der Waals surface area contributed by atoms with Gasteiger partial charge in [0.25, 0.3) is 0 Å². The molecule has 0 atom stereocenters. The van der Waals surface area contributed by atoms with Crippen molar-refractivity contribution in [3.63, 3.8) is 0 Å². The highest BCUT2D eigenvalue weighted by Crippen LogP contribution is 2.37. The van der Waals surface area contributed by atoms with Crippen molar-refractivity contribution in [2.45, 2.75) is 37.5 Å². The first-order valence-electron chi connectivity index (χ1n) is 6.11. The van der Waals surface area contributed by atoms with Crippen LogP contribution >= 0.6 is 43.6 Å². The van der Waals surface area contributed by atoms with E-state index in [1.54, 1.807) is 0 Å². The Labute approximate surface area is 136 Å². The highest BCUT2D eigenvalue weighted by atomic mass is 79.9. The Hall–Kier alpha value is -0.250. The third-order valence-electron chi connectivity index (χ3n) is 3.56. The summed E-state index contributed by atoms with van der Waals surface area (Å²) in [5.41, 5.74) is 5.33. The molecule has 2 aromatic rings. The molecule has 0 N–H and O–H groups in total. The van der Waals surface area contributed by atoms with Gasteiger partial charge in [-0.25, -0.2) is 0 Å². The smallest absolute Gasteiger partial charge is 0.0207 e. The van der Waals surface area contributed by atoms with Gasteiger partial charge in [-0.3, -0.25) is 0 Å². The standard InChI is InChI=1S/C16H16Br2S/c1-9-11(3)15(7-5-13(9)17)19-16-8-6-14(18)10(2)12(16)4/h5-8H,1-4H3. The maximum absolute atomic E-state index is 3.59. The Bertz CT molecular complexity index is 578. The van der Waals surface area contributed by atoms with Crippen molar-refractivity contribution in [1.82, 2.24) is 0 Å². The monoisotopic (exact) mass is 398 g/mol. The molecule has 0 heterocycles. The van der Waals surface area contributed by atoms with Gasteiger partial charge >= 0.3 is 0 Å². The quantitative estimate of drug-likeness (QED) is 0.548. The van der Waals surface area contributed by atoms with Crippen molar-refractivity contribution in [2.24, 2.45) is 0 Å². The molecular weight excluding hydrogens is 384 g/mol. The molecule has 2 rings (SSSR count). The van der Waals surface area contributed by atoms with Gasteiger partial charge in [0.15, 0.2) is 0 Å². The molecule has 0 unspecified atom stereocenters. The summed E-state index contributed by atoms with van der Waals surface area (Å²) in [4.78, 5) is 2.65. The Morgan fingerprint density at radius 3 is 1.37 bits per heavy atom. The van der Waals surface area contributed by atoms with E-state index in [4.69, 9.17) is 0 Å². The molecule has 0 fully saturated rings. The number of hydrogen-bond donors (Lipinski definition) is 0. The van der Waals surface area contributed by atoms with Crippen molar-refractivity contribution in [3.05, 3.63) is 55.5 Å². The lowest BCUT2D eigenvalue weighted by atomic mass is 10.1. The SMILES string of the molecule is Cc1c(Br)ccc(Sc2ccc(Br)c(C)c2C)c1C. The summed E-state index contributed by atoms with van der Waals surface area (Å²) in [5.74, 6) is 0. The molecule has 100 valence electrons. The normalized spacial score (nSPS) is 10.8. The minimum absolute atomic E-state index is 1.18. The number of rotatable bonds is 2. The Kier molecular flexibility index (Phi) is 4.80. The molecule has 0 spiro atoms. The average Bonchev–Trinajstić information content (AvgIpc) is 2.39. The van der Waals surface area contributed by atoms with Gasteiger partial charge in [0.2, 0.25) is 0 Å². The number of hydrogen-bond acceptors (Lipinski definition) is 1. The summed E-state index contributed by atoms with van der Waals surface area (Å²) in [6.07, 6.45) is 0. The van der Waals surface area contributed by atoms with Crippen LogP contribution in [0.1, 0.15) is 22.3 Å². The predicted octanol–water partition coefficient (Wildman–Crippen LogP) is 6.60. The zero-order valence-corrected chi connectivity index (χ0v) is 15.5. The Morgan fingerprint density at radius 1 is 0.632 bits per heavy atom. The van der Waals surface area contributed by atoms with Crippen LogP contribution in [0.15, 0.2) is 43.0 Å². The van der Waals surface area contributed by atoms with Crippen LogP contribution in [0.2, 0.25) is 0 Å². The maximum Gasteiger partial charge on any atom is 0.0207 e. The minimum atomic E-state index is 1.18. The first-order valence-corrected chi connectivity index (χ1v) is 8.51. The highest BCUT2D eigenvalue weighted by Gasteiger charge is 2.10. The van der Waals surface area contributed by atoms with Crippen molar-refractivity contribution in [1.29, 1.82) is 0 Å². The van der Waals surface area contributed by atoms with E-state index in [9.17, 15) is 0 Å². The molecule has 0 amide bonds. The van der Waals surface area contributed by atoms with Gasteiger partial charge in [0, 0.05) is 18.7 Å². The Balaban J connectivity index is 2.43. The van der Waals surface area contributed by atoms with Crippen molar-refractivity contribution >= 4 is 43.6 Å². The molecule has 0 aliphatic heterocycles. The molecular formula is C16H16Br2S. The molecule has 0 saturated heterocycles. The second kappa shape index (κ2) is 6.02. The number of benzene rings is 2. The van der Waals surface area contributed by atoms with E-state index >= 15 is 0 Å². The van der Waals surface area contributed by atoms with Crippen LogP contribution in [0.25, 0.3) is 0 Å². The van der Waals surface area contributed by atoms with Crippen LogP contribution in [-0.2, 0) is 0 Å². The van der Waals surface area contributed by atoms with Crippen LogP contribution in [0.3, 0.4) is 0 Å². The van der Waals surface area contributed by atoms with Gasteiger partial charge in [-0.2, -0.15) is 0 Å². The highest BCUT2D eigenvalue weighted by molar-refractivity contribution is 9.10. The third kappa shape index (κ3) is 3.09. The molecule has 0 bridgehead atoms. The van der Waals surface area contributed by atoms with E-state index in [-0.39, 0.29) is 0 Å². The molecule has 0 saturated carbocycles. The Morgan fingerprint density at radius 2 is 1.00 bits per heavy atom. The van der Waals surface area contributed by atoms with E-state index in [0.717, 1.165) is 0 Å². The first kappa shape index (κ1) is 15.1. The van der Waals surface area contributed by atoms with Gasteiger partial charge in [-0.05, 0) is 74.2 Å². The summed E-state index contributed by atoms with van der Waals surface area (Å²) in [6, 6.07) is 8.64. The van der Waals surface area contributed by atoms with E-state index in [2.05, 4.69) is 83.8 Å². The van der Waals surface area contributed by atoms with Crippen LogP contribution in [0.5, 0.6) is 0 Å². The largest absolute Gasteiger partial charge is 0.0895 e. The van der Waals surface area contributed by atoms with Crippen molar-refractivity contribution in [3.8, 4) is 0 Å². The maximum atomic E-state index is 3.59. The van der Waals surface area contributed by atoms with E-state index < -0.39 is 0 Å². The summed E-state index contributed by atoms with van der Waals surface area (Å²) >= 11 is 9.02. The van der Waals surface area contributed by atoms with Crippen LogP contribution in [0.4, 0.5) is 0 Å². The van der Waals surface area contributed by atoms with Crippen LogP contribution in [-0.4, -0.2) is 0 Å². The summed E-state index contributed by atoms with van der Waals surface area (Å²) in [7, 11) is 0. The molecule has 0 aliphatic rings. The van der Waals surface area contributed by atoms with Crippen LogP contribution in [0, 0.1) is 27.7 Å². The molecule has 0 nitrogen and oxygen atoms in total. The zero-order chi connectivity index (χ0) is 14.2. The molecule has 3 heteroatoms. The molecule has 0 aliphatic carbocycles. The lowest BCUT2D eigenvalue weighted by Crippen LogP contribution is -1.90. The third-order valence-corrected chi connectivity index (χ3v) is 6.61. The number of halogens is 2. The van der Waals surface area contributed by atoms with Gasteiger partial charge in [0.05, 0.1) is 0 Å². The molecule has 19 heavy (non-hydrogen) atoms. The molecule has 0 radical (unpaired) electrons. The van der Waals surface area contributed by atoms with E-state index in [1.807, 2.05) is 11.8 Å². The van der Waals surface area contributed by atoms with Crippen molar-refractivity contribution in [2.75, 3.05) is 0 Å². The van der Waals surface area contributed by atoms with Gasteiger partial charge in [-0.1, -0.05) is 43.6 Å². The lowest BCUT2D eigenvalue weighted by Gasteiger charge is -2.13. The fourth-order valence-corrected chi connectivity index (χ4v) is 3.85. The second-order valence-electron chi connectivity index (χ2n) is 4.69. The fourth-order valence-electron chi connectivity index (χ4n) is 1.87. The fraction of sp³-hybridized carbons (Fsp3) is 0.250. The minimum Gasteiger partial charge on any atom is -0.0895 e. The van der Waals surface area contributed by atoms with E-state index in [0.29, 0.717) is 0 Å². The van der Waals surface area contributed by atoms with Gasteiger partial charge < -0.3 is 0 Å². The summed E-state index contributed by atoms with van der Waals surface area (Å²) in [5, 5.41) is 0. The van der Waals surface area contributed by atoms with Gasteiger partial charge in [-0.15, -0.1) is 0 Å². The van der Waals surface area contributed by atoms with E-state index in [1.165, 1.54) is 41.0 Å². The zero-order valence-electron chi connectivity index (χ0n) is 11.5. The second-order valence-corrected chi connectivity index (χ2v) is 7.49. The summed E-state index contributed by atoms with van der Waals surface area (Å²) < 4.78 is 2.36. The predicted molar refractivity (Wildman–Crippen MR) is 91.4 cm³/mol. The van der Waals surface area contributed by atoms with Crippen molar-refractivity contribution < 1.29 is 0 Å². The summed E-state index contributed by atoms with van der Waals surface area (Å²) in [6.45, 7) is 8.68. The van der Waals surface area contributed by atoms with Crippen LogP contribution < -0.4 is 0 Å². The van der Waals surface area contributed by atoms with Gasteiger partial charge in [0.1, 0.15) is 0 Å². The molecule has 2 aromatic carbocycles. The first-order chi connectivity index (χ1) is 8.91. The molecule has 0 aromatic heterocycles. The average molecular weight is 400 g/mol.